The van der Waals surface area contributed by atoms with E-state index in [4.69, 9.17) is 55.1 Å². The molecule has 1 saturated heterocycles. The summed E-state index contributed by atoms with van der Waals surface area (Å²) in [4.78, 5) is 164. The molecular formula is C63H115N15O24. The number of carboxylic acids is 3. The summed E-state index contributed by atoms with van der Waals surface area (Å²) in [6.07, 6.45) is 5.16. The van der Waals surface area contributed by atoms with Gasteiger partial charge in [0.25, 0.3) is 0 Å². The van der Waals surface area contributed by atoms with Gasteiger partial charge in [-0.25, -0.2) is 0 Å². The number of ether oxygens (including phenoxy) is 8. The highest BCUT2D eigenvalue weighted by atomic mass is 16.7. The predicted octanol–water partition coefficient (Wildman–Crippen LogP) is -6.53. The summed E-state index contributed by atoms with van der Waals surface area (Å²) in [5, 5.41) is 50.0. The van der Waals surface area contributed by atoms with Crippen molar-refractivity contribution in [3.8, 4) is 0 Å². The molecular weight excluding hydrogens is 1350 g/mol. The van der Waals surface area contributed by atoms with Crippen LogP contribution in [0.25, 0.3) is 0 Å². The molecule has 0 saturated carbocycles. The molecule has 1 fully saturated rings. The van der Waals surface area contributed by atoms with Gasteiger partial charge in [0.15, 0.2) is 0 Å². The Morgan fingerprint density at radius 1 is 0.353 bits per heavy atom. The zero-order valence-corrected chi connectivity index (χ0v) is 59.2. The fraction of sp³-hybridized carbons (Fsp3) is 0.794. The Balaban J connectivity index is 2.26. The molecule has 0 aromatic carbocycles. The van der Waals surface area contributed by atoms with Crippen molar-refractivity contribution in [2.75, 3.05) is 224 Å². The van der Waals surface area contributed by atoms with Gasteiger partial charge in [-0.05, 0) is 57.8 Å². The third kappa shape index (κ3) is 56.2. The second-order valence-corrected chi connectivity index (χ2v) is 23.8. The number of nitrogens with zero attached hydrogens (tertiary/aromatic N) is 4. The second-order valence-electron chi connectivity index (χ2n) is 23.8. The highest BCUT2D eigenvalue weighted by Crippen LogP contribution is 2.08. The Hall–Kier alpha value is -7.41. The van der Waals surface area contributed by atoms with Gasteiger partial charge in [0.05, 0.1) is 98.3 Å². The molecule has 0 bridgehead atoms. The number of unbranched alkanes of at least 4 members (excludes halogenated alkanes) is 3. The molecule has 0 aromatic heterocycles. The number of amides is 10. The van der Waals surface area contributed by atoms with Crippen LogP contribution < -0.4 is 59.7 Å². The number of hydrogen-bond donors (Lipinski definition) is 14. The minimum atomic E-state index is -1.06. The van der Waals surface area contributed by atoms with Gasteiger partial charge in [-0.15, -0.1) is 0 Å². The lowest BCUT2D eigenvalue weighted by Crippen LogP contribution is -2.50. The number of carboxylic acid groups (broad SMARTS) is 3. The van der Waals surface area contributed by atoms with Gasteiger partial charge in [-0.1, -0.05) is 13.3 Å². The summed E-state index contributed by atoms with van der Waals surface area (Å²) in [6.45, 7) is 4.95. The van der Waals surface area contributed by atoms with Crippen LogP contribution in [-0.2, 0) is 100 Å². The summed E-state index contributed by atoms with van der Waals surface area (Å²) in [7, 11) is 0. The van der Waals surface area contributed by atoms with E-state index in [0.29, 0.717) is 51.5 Å². The second kappa shape index (κ2) is 61.1. The van der Waals surface area contributed by atoms with Crippen LogP contribution in [0.5, 0.6) is 0 Å². The maximum atomic E-state index is 13.2. The third-order valence-corrected chi connectivity index (χ3v) is 15.0. The number of aliphatic carboxylic acids is 3. The maximum Gasteiger partial charge on any atom is 0.317 e. The number of carbonyl (C=O) groups is 13. The SMILES string of the molecule is C[C@@H](CCCCNC(=O)COCCOCCNC(=O)COCCOCCNC(=O)CCCC(=O)NCCCC[C@H](NC(=O)COCOCCNC(=O)COCCOCCNC(=O)CN1CCN(CC(=O)O)CCN(CC(=O)O)CCN(CC(=O)O)CC1)C(=O)NCCCC[C@H](N)C(N)=O)C(N)=O. The number of nitrogens with two attached hydrogens (primary N) is 3. The monoisotopic (exact) mass is 1470 g/mol. The smallest absolute Gasteiger partial charge is 0.317 e. The Morgan fingerprint density at radius 2 is 0.696 bits per heavy atom. The van der Waals surface area contributed by atoms with Gasteiger partial charge in [-0.3, -0.25) is 81.9 Å². The molecule has 10 amide bonds. The maximum absolute atomic E-state index is 13.2. The lowest BCUT2D eigenvalue weighted by molar-refractivity contribution is -0.140. The lowest BCUT2D eigenvalue weighted by Gasteiger charge is -2.32. The molecule has 102 heavy (non-hydrogen) atoms. The Labute approximate surface area is 595 Å². The third-order valence-electron chi connectivity index (χ3n) is 15.0. The van der Waals surface area contributed by atoms with Crippen LogP contribution in [0, 0.1) is 5.92 Å². The highest BCUT2D eigenvalue weighted by molar-refractivity contribution is 5.88. The van der Waals surface area contributed by atoms with Gasteiger partial charge in [-0.2, -0.15) is 0 Å². The average Bonchev–Trinajstić information content (AvgIpc) is 0.927. The van der Waals surface area contributed by atoms with Crippen LogP contribution in [0.1, 0.15) is 84.0 Å². The minimum Gasteiger partial charge on any atom is -0.480 e. The molecule has 0 aliphatic carbocycles. The van der Waals surface area contributed by atoms with Crippen LogP contribution in [0.15, 0.2) is 0 Å². The first-order valence-corrected chi connectivity index (χ1v) is 34.6. The van der Waals surface area contributed by atoms with Gasteiger partial charge in [0.2, 0.25) is 59.1 Å². The number of rotatable bonds is 62. The number of primary amides is 2. The largest absolute Gasteiger partial charge is 0.480 e. The molecule has 0 unspecified atom stereocenters. The van der Waals surface area contributed by atoms with Crippen molar-refractivity contribution in [1.29, 1.82) is 0 Å². The molecule has 1 rings (SSSR count). The van der Waals surface area contributed by atoms with Crippen LogP contribution in [0.3, 0.4) is 0 Å². The van der Waals surface area contributed by atoms with Crippen molar-refractivity contribution in [3.63, 3.8) is 0 Å². The zero-order chi connectivity index (χ0) is 75.4. The van der Waals surface area contributed by atoms with Gasteiger partial charge < -0.3 is 113 Å². The Kier molecular flexibility index (Phi) is 55.5. The fourth-order valence-electron chi connectivity index (χ4n) is 9.36. The molecule has 1 heterocycles. The number of hydrogen-bond acceptors (Lipinski definition) is 26. The molecule has 3 atom stereocenters. The van der Waals surface area contributed by atoms with E-state index in [2.05, 4.69) is 42.5 Å². The van der Waals surface area contributed by atoms with E-state index in [0.717, 1.165) is 12.8 Å². The summed E-state index contributed by atoms with van der Waals surface area (Å²) < 4.78 is 42.9. The summed E-state index contributed by atoms with van der Waals surface area (Å²) >= 11 is 0. The molecule has 0 spiro atoms. The molecule has 17 N–H and O–H groups in total. The van der Waals surface area contributed by atoms with Crippen molar-refractivity contribution in [1.82, 2.24) is 62.1 Å². The van der Waals surface area contributed by atoms with Crippen molar-refractivity contribution in [2.24, 2.45) is 23.1 Å². The molecule has 586 valence electrons. The Morgan fingerprint density at radius 3 is 1.12 bits per heavy atom. The quantitative estimate of drug-likeness (QED) is 0.0199. The summed E-state index contributed by atoms with van der Waals surface area (Å²) in [5.74, 6) is -7.28. The lowest BCUT2D eigenvalue weighted by atomic mass is 10.0. The first-order chi connectivity index (χ1) is 48.9. The molecule has 1 aliphatic rings. The molecule has 1 aliphatic heterocycles. The summed E-state index contributed by atoms with van der Waals surface area (Å²) in [6, 6.07) is -1.76. The van der Waals surface area contributed by atoms with Crippen LogP contribution in [0.2, 0.25) is 0 Å². The van der Waals surface area contributed by atoms with Crippen LogP contribution in [0.4, 0.5) is 0 Å². The van der Waals surface area contributed by atoms with Crippen molar-refractivity contribution >= 4 is 77.0 Å². The molecule has 0 aromatic rings. The first kappa shape index (κ1) is 92.6. The van der Waals surface area contributed by atoms with E-state index in [9.17, 15) is 77.6 Å². The van der Waals surface area contributed by atoms with E-state index in [1.54, 1.807) is 26.5 Å². The van der Waals surface area contributed by atoms with E-state index < -0.39 is 60.2 Å². The minimum absolute atomic E-state index is 0.0292. The van der Waals surface area contributed by atoms with E-state index >= 15 is 0 Å². The summed E-state index contributed by atoms with van der Waals surface area (Å²) in [5.41, 5.74) is 16.2. The van der Waals surface area contributed by atoms with E-state index in [1.807, 2.05) is 0 Å². The van der Waals surface area contributed by atoms with Gasteiger partial charge in [0, 0.05) is 117 Å². The topological polar surface area (TPSA) is 544 Å². The van der Waals surface area contributed by atoms with Crippen LogP contribution in [-0.4, -0.2) is 348 Å². The van der Waals surface area contributed by atoms with Gasteiger partial charge >= 0.3 is 17.9 Å². The van der Waals surface area contributed by atoms with Crippen molar-refractivity contribution in [2.45, 2.75) is 96.1 Å². The highest BCUT2D eigenvalue weighted by Gasteiger charge is 2.24. The van der Waals surface area contributed by atoms with E-state index in [-0.39, 0.29) is 271 Å². The molecule has 0 radical (unpaired) electrons. The van der Waals surface area contributed by atoms with Crippen molar-refractivity contribution in [3.05, 3.63) is 0 Å². The molecule has 39 heteroatoms. The zero-order valence-electron chi connectivity index (χ0n) is 59.2. The van der Waals surface area contributed by atoms with Crippen molar-refractivity contribution < 1.29 is 116 Å². The normalized spacial score (nSPS) is 14.3. The average molecular weight is 1470 g/mol. The number of carbonyl (C=O) groups excluding carboxylic acids is 10. The Bertz CT molecular complexity index is 2410. The standard InChI is InChI=1S/C63H115N15O24/c1-48(61(65)92)9-2-5-15-68-54(82)43-98-36-35-97-31-19-71-55(83)44-99-37-33-95-29-17-69-52(80)13-8-12-51(79)67-14-7-4-11-50(63(94)73-16-6-3-10-49(64)62(66)93)74-57(85)46-102-47-101-32-20-72-56(84)45-100-38-34-96-30-18-70-53(81)39-75-21-23-76(40-58(86)87)25-27-78(42-60(90)91)28-26-77(24-22-75)41-59(88)89/h48-50H,2-47,64H2,1H3,(H2,65,92)(H2,66,93)(H,67,79)(H,68,82)(H,69,80)(H,70,81)(H,71,83)(H,72,84)(H,73,94)(H,74,85)(H,86,87)(H,88,89)(H,90,91)/t48-,49-,50-/m0/s1. The molecule has 39 nitrogen and oxygen atoms in total. The first-order valence-electron chi connectivity index (χ1n) is 34.6. The predicted molar refractivity (Wildman–Crippen MR) is 364 cm³/mol. The van der Waals surface area contributed by atoms with Crippen LogP contribution >= 0.6 is 0 Å². The van der Waals surface area contributed by atoms with Gasteiger partial charge in [0.1, 0.15) is 39.3 Å². The number of nitrogens with one attached hydrogen (secondary N) is 8. The van der Waals surface area contributed by atoms with E-state index in [1.165, 1.54) is 0 Å². The fourth-order valence-corrected chi connectivity index (χ4v) is 9.36.